The van der Waals surface area contributed by atoms with E-state index < -0.39 is 5.60 Å². The number of fused-ring (bicyclic) bond motifs is 2. The molecule has 1 heterocycles. The second-order valence-corrected chi connectivity index (χ2v) is 6.44. The molecule has 0 amide bonds. The minimum Gasteiger partial charge on any atom is -0.507 e. The van der Waals surface area contributed by atoms with E-state index in [2.05, 4.69) is 0 Å². The zero-order valence-corrected chi connectivity index (χ0v) is 13.7. The lowest BCUT2D eigenvalue weighted by Crippen LogP contribution is -2.14. The average Bonchev–Trinajstić information content (AvgIpc) is 2.50. The molecule has 0 aliphatic carbocycles. The minimum atomic E-state index is -1.08. The largest absolute Gasteiger partial charge is 0.507 e. The number of hydrogen-bond donors (Lipinski definition) is 3. The van der Waals surface area contributed by atoms with Gasteiger partial charge in [-0.25, -0.2) is 0 Å². The van der Waals surface area contributed by atoms with E-state index in [1.54, 1.807) is 49.7 Å². The molecule has 0 aliphatic heterocycles. The molecule has 0 fully saturated rings. The van der Waals surface area contributed by atoms with E-state index in [4.69, 9.17) is 0 Å². The number of hydrogen-bond acceptors (Lipinski definition) is 4. The lowest BCUT2D eigenvalue weighted by atomic mass is 10.0. The first-order valence-electron chi connectivity index (χ1n) is 7.58. The third-order valence-electron chi connectivity index (χ3n) is 4.03. The van der Waals surface area contributed by atoms with Gasteiger partial charge in [-0.3, -0.25) is 4.79 Å². The molecule has 124 valence electrons. The highest BCUT2D eigenvalue weighted by molar-refractivity contribution is 6.01. The first kappa shape index (κ1) is 16.1. The number of phenols is 2. The lowest BCUT2D eigenvalue weighted by Gasteiger charge is -2.16. The van der Waals surface area contributed by atoms with Crippen LogP contribution in [-0.4, -0.2) is 25.5 Å². The van der Waals surface area contributed by atoms with Crippen LogP contribution >= 0.6 is 0 Å². The Labute approximate surface area is 138 Å². The van der Waals surface area contributed by atoms with Crippen molar-refractivity contribution in [1.29, 1.82) is 0 Å². The summed E-state index contributed by atoms with van der Waals surface area (Å²) < 4.78 is 1.76. The molecule has 3 N–H and O–H groups in total. The van der Waals surface area contributed by atoms with Crippen LogP contribution in [0.1, 0.15) is 19.4 Å². The van der Waals surface area contributed by atoms with Gasteiger partial charge >= 0.3 is 0 Å². The molecule has 0 atom stereocenters. The molecule has 0 radical (unpaired) electrons. The monoisotopic (exact) mass is 325 g/mol. The van der Waals surface area contributed by atoms with Crippen molar-refractivity contribution < 1.29 is 15.3 Å². The normalized spacial score (nSPS) is 12.5. The summed E-state index contributed by atoms with van der Waals surface area (Å²) >= 11 is 0. The summed E-state index contributed by atoms with van der Waals surface area (Å²) in [5.74, 6) is -0.431. The summed E-state index contributed by atoms with van der Waals surface area (Å²) in [5.41, 5.74) is 0.103. The van der Waals surface area contributed by atoms with Crippen LogP contribution in [0.15, 0.2) is 41.2 Å². The molecule has 0 aliphatic rings. The first-order chi connectivity index (χ1) is 11.2. The highest BCUT2D eigenvalue weighted by Gasteiger charge is 2.18. The molecule has 0 saturated carbocycles. The van der Waals surface area contributed by atoms with Gasteiger partial charge in [-0.15, -0.1) is 0 Å². The van der Waals surface area contributed by atoms with Crippen LogP contribution in [-0.2, 0) is 7.05 Å². The van der Waals surface area contributed by atoms with E-state index in [-0.39, 0.29) is 22.3 Å². The van der Waals surface area contributed by atoms with E-state index in [0.717, 1.165) is 6.07 Å². The Kier molecular flexibility index (Phi) is 3.61. The summed E-state index contributed by atoms with van der Waals surface area (Å²) in [7, 11) is 1.77. The minimum absolute atomic E-state index is 0.143. The summed E-state index contributed by atoms with van der Waals surface area (Å²) in [6.07, 6.45) is 3.09. The Hall–Kier alpha value is -2.79. The second kappa shape index (κ2) is 5.39. The smallest absolute Gasteiger partial charge is 0.200 e. The Morgan fingerprint density at radius 1 is 1.12 bits per heavy atom. The number of aliphatic hydroxyl groups is 1. The van der Waals surface area contributed by atoms with E-state index >= 15 is 0 Å². The number of nitrogens with zero attached hydrogens (tertiary/aromatic N) is 1. The van der Waals surface area contributed by atoms with Crippen LogP contribution in [0, 0.1) is 0 Å². The summed E-state index contributed by atoms with van der Waals surface area (Å²) in [5, 5.41) is 31.0. The Balaban J connectivity index is 2.54. The lowest BCUT2D eigenvalue weighted by molar-refractivity contribution is 0.134. The number of benzene rings is 2. The number of aromatic nitrogens is 1. The summed E-state index contributed by atoms with van der Waals surface area (Å²) in [6.45, 7) is 3.22. The van der Waals surface area contributed by atoms with Gasteiger partial charge in [0.25, 0.3) is 0 Å². The molecule has 0 saturated heterocycles. The van der Waals surface area contributed by atoms with Crippen LogP contribution in [0.5, 0.6) is 11.5 Å². The van der Waals surface area contributed by atoms with Gasteiger partial charge in [0.1, 0.15) is 11.5 Å². The van der Waals surface area contributed by atoms with Gasteiger partial charge in [0.2, 0.25) is 5.43 Å². The van der Waals surface area contributed by atoms with Gasteiger partial charge in [-0.05, 0) is 26.0 Å². The molecule has 5 nitrogen and oxygen atoms in total. The molecule has 24 heavy (non-hydrogen) atoms. The molecule has 3 aromatic rings. The van der Waals surface area contributed by atoms with Gasteiger partial charge in [0.05, 0.1) is 22.0 Å². The Morgan fingerprint density at radius 2 is 1.79 bits per heavy atom. The summed E-state index contributed by atoms with van der Waals surface area (Å²) in [4.78, 5) is 12.8. The topological polar surface area (TPSA) is 82.7 Å². The molecule has 3 rings (SSSR count). The molecule has 0 bridgehead atoms. The van der Waals surface area contributed by atoms with Crippen molar-refractivity contribution in [2.75, 3.05) is 0 Å². The second-order valence-electron chi connectivity index (χ2n) is 6.44. The van der Waals surface area contributed by atoms with Crippen molar-refractivity contribution in [2.24, 2.45) is 7.05 Å². The van der Waals surface area contributed by atoms with Crippen LogP contribution in [0.2, 0.25) is 0 Å². The first-order valence-corrected chi connectivity index (χ1v) is 7.58. The predicted molar refractivity (Wildman–Crippen MR) is 95.4 cm³/mol. The van der Waals surface area contributed by atoms with E-state index in [1.165, 1.54) is 6.08 Å². The van der Waals surface area contributed by atoms with Gasteiger partial charge in [0.15, 0.2) is 0 Å². The fourth-order valence-electron chi connectivity index (χ4n) is 2.89. The number of para-hydroxylation sites is 1. The predicted octanol–water partition coefficient (Wildman–Crippen LogP) is 2.89. The third-order valence-corrected chi connectivity index (χ3v) is 4.03. The maximum absolute atomic E-state index is 12.8. The molecule has 5 heteroatoms. The van der Waals surface area contributed by atoms with Crippen LogP contribution in [0.25, 0.3) is 27.9 Å². The standard InChI is InChI=1S/C19H19NO4/c1-19(2,24)9-8-12-14(21)10-15(22)16-17(12)20(3)13-7-5-4-6-11(13)18(16)23/h4-10,21-22,24H,1-3H3/b9-8-. The van der Waals surface area contributed by atoms with Crippen molar-refractivity contribution >= 4 is 27.9 Å². The van der Waals surface area contributed by atoms with Crippen molar-refractivity contribution in [3.05, 3.63) is 52.2 Å². The maximum atomic E-state index is 12.8. The molecule has 2 aromatic carbocycles. The molecular formula is C19H19NO4. The zero-order chi connectivity index (χ0) is 17.6. The summed E-state index contributed by atoms with van der Waals surface area (Å²) in [6, 6.07) is 8.25. The van der Waals surface area contributed by atoms with Crippen LogP contribution < -0.4 is 5.43 Å². The Bertz CT molecular complexity index is 1040. The third kappa shape index (κ3) is 2.53. The fraction of sp³-hybridized carbons (Fsp3) is 0.211. The number of aryl methyl sites for hydroxylation is 1. The molecule has 0 unspecified atom stereocenters. The Morgan fingerprint density at radius 3 is 2.46 bits per heavy atom. The van der Waals surface area contributed by atoms with Crippen molar-refractivity contribution in [3.63, 3.8) is 0 Å². The van der Waals surface area contributed by atoms with E-state index in [1.807, 2.05) is 6.07 Å². The molecule has 1 aromatic heterocycles. The van der Waals surface area contributed by atoms with Crippen LogP contribution in [0.4, 0.5) is 0 Å². The van der Waals surface area contributed by atoms with E-state index in [9.17, 15) is 20.1 Å². The molecular weight excluding hydrogens is 306 g/mol. The van der Waals surface area contributed by atoms with Crippen molar-refractivity contribution in [1.82, 2.24) is 4.57 Å². The number of aromatic hydroxyl groups is 2. The highest BCUT2D eigenvalue weighted by Crippen LogP contribution is 2.35. The number of pyridine rings is 1. The van der Waals surface area contributed by atoms with Crippen molar-refractivity contribution in [3.8, 4) is 11.5 Å². The quantitative estimate of drug-likeness (QED) is 0.633. The molecule has 0 spiro atoms. The van der Waals surface area contributed by atoms with Gasteiger partial charge in [-0.1, -0.05) is 24.3 Å². The van der Waals surface area contributed by atoms with Gasteiger partial charge in [-0.2, -0.15) is 0 Å². The SMILES string of the molecule is Cn1c2ccccc2c(=O)c2c(O)cc(O)c(/C=C\C(C)(C)O)c21. The zero-order valence-electron chi connectivity index (χ0n) is 13.7. The highest BCUT2D eigenvalue weighted by atomic mass is 16.3. The van der Waals surface area contributed by atoms with Crippen molar-refractivity contribution in [2.45, 2.75) is 19.4 Å². The van der Waals surface area contributed by atoms with Gasteiger partial charge < -0.3 is 19.9 Å². The average molecular weight is 325 g/mol. The van der Waals surface area contributed by atoms with E-state index in [0.29, 0.717) is 22.0 Å². The number of phenolic OH excluding ortho intramolecular Hbond substituents is 2. The maximum Gasteiger partial charge on any atom is 0.200 e. The number of rotatable bonds is 2. The van der Waals surface area contributed by atoms with Crippen LogP contribution in [0.3, 0.4) is 0 Å². The van der Waals surface area contributed by atoms with Gasteiger partial charge in [0, 0.05) is 24.1 Å². The fourth-order valence-corrected chi connectivity index (χ4v) is 2.89.